The van der Waals surface area contributed by atoms with E-state index in [0.29, 0.717) is 11.1 Å². The number of nitrogens with one attached hydrogen (secondary N) is 1. The molecular formula is C18H17FN5O8P. The average Bonchev–Trinajstić information content (AvgIpc) is 3.16. The number of aliphatic hydroxyl groups is 1. The van der Waals surface area contributed by atoms with E-state index in [1.54, 1.807) is 25.1 Å². The van der Waals surface area contributed by atoms with Gasteiger partial charge in [0.25, 0.3) is 5.56 Å². The average molecular weight is 481 g/mol. The minimum Gasteiger partial charge on any atom is -0.403 e. The number of benzene rings is 1. The molecule has 33 heavy (non-hydrogen) atoms. The number of aromatic amines is 1. The number of H-pyrrole nitrogens is 1. The summed E-state index contributed by atoms with van der Waals surface area (Å²) in [6, 6.07) is 6.17. The molecule has 2 fully saturated rings. The van der Waals surface area contributed by atoms with Crippen LogP contribution in [-0.4, -0.2) is 44.7 Å². The molecule has 174 valence electrons. The zero-order valence-corrected chi connectivity index (χ0v) is 17.8. The molecule has 3 heterocycles. The maximum absolute atomic E-state index is 15.5. The van der Waals surface area contributed by atoms with Crippen LogP contribution in [0.4, 0.5) is 4.39 Å². The zero-order valence-electron chi connectivity index (χ0n) is 17.0. The molecule has 2 N–H and O–H groups in total. The molecule has 0 bridgehead atoms. The Morgan fingerprint density at radius 3 is 2.97 bits per heavy atom. The summed E-state index contributed by atoms with van der Waals surface area (Å²) < 4.78 is 51.2. The number of hydrogen-bond acceptors (Lipinski definition) is 9. The molecule has 1 aromatic heterocycles. The van der Waals surface area contributed by atoms with Gasteiger partial charge in [0, 0.05) is 22.7 Å². The number of alkyl halides is 1. The van der Waals surface area contributed by atoms with Crippen LogP contribution in [0.2, 0.25) is 0 Å². The van der Waals surface area contributed by atoms with Crippen LogP contribution in [0.1, 0.15) is 17.4 Å². The van der Waals surface area contributed by atoms with Gasteiger partial charge in [0.1, 0.15) is 17.5 Å². The number of halogens is 1. The molecule has 13 nitrogen and oxygen atoms in total. The van der Waals surface area contributed by atoms with E-state index in [1.165, 1.54) is 0 Å². The molecular weight excluding hydrogens is 464 g/mol. The monoisotopic (exact) mass is 481 g/mol. The normalized spacial score (nSPS) is 36.3. The number of fused-ring (bicyclic) bond motifs is 2. The lowest BCUT2D eigenvalue weighted by atomic mass is 10.1. The number of phosphoric ester groups is 1. The lowest BCUT2D eigenvalue weighted by Crippen LogP contribution is -2.40. The third-order valence-electron chi connectivity index (χ3n) is 6.02. The minimum absolute atomic E-state index is 0.113. The number of azide groups is 1. The van der Waals surface area contributed by atoms with Gasteiger partial charge < -0.3 is 14.4 Å². The first-order valence-electron chi connectivity index (χ1n) is 9.73. The predicted molar refractivity (Wildman–Crippen MR) is 107 cm³/mol. The van der Waals surface area contributed by atoms with E-state index < -0.39 is 55.3 Å². The number of phosphoric acid groups is 1. The number of aryl methyl sites for hydroxylation is 1. The van der Waals surface area contributed by atoms with Crippen molar-refractivity contribution >= 4 is 7.82 Å². The van der Waals surface area contributed by atoms with Gasteiger partial charge >= 0.3 is 13.5 Å². The van der Waals surface area contributed by atoms with Gasteiger partial charge in [-0.3, -0.25) is 23.4 Å². The van der Waals surface area contributed by atoms with Crippen LogP contribution in [0.15, 0.2) is 45.2 Å². The molecule has 1 saturated heterocycles. The lowest BCUT2D eigenvalue weighted by Gasteiger charge is -2.28. The predicted octanol–water partition coefficient (Wildman–Crippen LogP) is 1.61. The molecule has 0 spiro atoms. The molecule has 0 radical (unpaired) electrons. The van der Waals surface area contributed by atoms with Gasteiger partial charge in [-0.15, -0.1) is 0 Å². The number of ether oxygens (including phenoxy) is 1. The molecule has 2 aliphatic heterocycles. The standard InChI is InChI=1S/C18H17FN5O8P/c1-9-3-2-4-10-7-29-33(28,31-12(9)10)32-15-17(8-21-23-20)18(15,27)13(19)14(30-17)24-6-5-11(25)22-16(24)26/h2-6,13-15,27H,7-8H2,1H3,(H,22,25,26)/t13-,14+,15?,17+,18+,33?/m0/s1. The van der Waals surface area contributed by atoms with Crippen molar-refractivity contribution in [3.8, 4) is 5.75 Å². The van der Waals surface area contributed by atoms with Crippen LogP contribution >= 0.6 is 7.82 Å². The Bertz CT molecular complexity index is 1360. The molecule has 3 aliphatic rings. The highest BCUT2D eigenvalue weighted by Gasteiger charge is 2.90. The van der Waals surface area contributed by atoms with Crippen molar-refractivity contribution < 1.29 is 32.4 Å². The summed E-state index contributed by atoms with van der Waals surface area (Å²) in [6.07, 6.45) is -4.56. The van der Waals surface area contributed by atoms with Crippen molar-refractivity contribution in [1.82, 2.24) is 9.55 Å². The lowest BCUT2D eigenvalue weighted by molar-refractivity contribution is -0.0899. The molecule has 6 atom stereocenters. The van der Waals surface area contributed by atoms with Gasteiger partial charge in [0.15, 0.2) is 18.0 Å². The topological polar surface area (TPSA) is 178 Å². The second-order valence-electron chi connectivity index (χ2n) is 7.89. The first-order chi connectivity index (χ1) is 15.6. The van der Waals surface area contributed by atoms with Crippen molar-refractivity contribution in [3.63, 3.8) is 0 Å². The summed E-state index contributed by atoms with van der Waals surface area (Å²) in [6.45, 7) is 1.01. The van der Waals surface area contributed by atoms with Crippen LogP contribution in [0, 0.1) is 6.92 Å². The molecule has 15 heteroatoms. The Morgan fingerprint density at radius 1 is 1.45 bits per heavy atom. The van der Waals surface area contributed by atoms with Gasteiger partial charge in [-0.05, 0) is 18.0 Å². The van der Waals surface area contributed by atoms with Crippen LogP contribution in [0.25, 0.3) is 10.4 Å². The maximum Gasteiger partial charge on any atom is 0.530 e. The Balaban J connectivity index is 1.46. The van der Waals surface area contributed by atoms with E-state index in [1.807, 2.05) is 4.98 Å². The first kappa shape index (κ1) is 21.8. The molecule has 1 aromatic carbocycles. The molecule has 5 rings (SSSR count). The highest BCUT2D eigenvalue weighted by molar-refractivity contribution is 7.49. The Morgan fingerprint density at radius 2 is 2.24 bits per heavy atom. The Hall–Kier alpha value is -2.99. The van der Waals surface area contributed by atoms with Crippen molar-refractivity contribution in [1.29, 1.82) is 0 Å². The highest BCUT2D eigenvalue weighted by Crippen LogP contribution is 2.70. The van der Waals surface area contributed by atoms with E-state index >= 15 is 4.39 Å². The van der Waals surface area contributed by atoms with Gasteiger partial charge in [-0.25, -0.2) is 13.8 Å². The van der Waals surface area contributed by atoms with Crippen LogP contribution in [0.3, 0.4) is 0 Å². The summed E-state index contributed by atoms with van der Waals surface area (Å²) >= 11 is 0. The Labute approximate surface area is 183 Å². The molecule has 2 aromatic rings. The van der Waals surface area contributed by atoms with Gasteiger partial charge in [-0.2, -0.15) is 0 Å². The summed E-state index contributed by atoms with van der Waals surface area (Å²) in [4.78, 5) is 28.0. The fourth-order valence-corrected chi connectivity index (χ4v) is 5.83. The van der Waals surface area contributed by atoms with Crippen LogP contribution in [-0.2, 0) is 25.0 Å². The second-order valence-corrected chi connectivity index (χ2v) is 9.44. The third-order valence-corrected chi connectivity index (χ3v) is 7.34. The number of rotatable bonds is 5. The van der Waals surface area contributed by atoms with Crippen LogP contribution < -0.4 is 15.8 Å². The fraction of sp³-hybridized carbons (Fsp3) is 0.444. The van der Waals surface area contributed by atoms with E-state index in [2.05, 4.69) is 10.0 Å². The molecule has 1 aliphatic carbocycles. The molecule has 0 amide bonds. The summed E-state index contributed by atoms with van der Waals surface area (Å²) in [7, 11) is -4.33. The fourth-order valence-electron chi connectivity index (χ4n) is 4.31. The molecule has 1 saturated carbocycles. The van der Waals surface area contributed by atoms with E-state index in [4.69, 9.17) is 23.8 Å². The summed E-state index contributed by atoms with van der Waals surface area (Å²) in [5, 5.41) is 14.5. The van der Waals surface area contributed by atoms with Gasteiger partial charge in [0.2, 0.25) is 0 Å². The SMILES string of the molecule is Cc1cccc2c1OP(=O)(OC1[C@@]3(CN=[N+]=[N-])O[C@@H](n4ccc(=O)[nH]c4=O)[C@H](F)[C@@]13O)OC2. The van der Waals surface area contributed by atoms with Gasteiger partial charge in [0.05, 0.1) is 13.2 Å². The van der Waals surface area contributed by atoms with Crippen molar-refractivity contribution in [2.75, 3.05) is 6.54 Å². The van der Waals surface area contributed by atoms with E-state index in [0.717, 1.165) is 16.8 Å². The Kier molecular flexibility index (Phi) is 4.80. The van der Waals surface area contributed by atoms with Crippen molar-refractivity contribution in [2.24, 2.45) is 5.11 Å². The van der Waals surface area contributed by atoms with E-state index in [9.17, 15) is 19.3 Å². The third kappa shape index (κ3) is 3.07. The largest absolute Gasteiger partial charge is 0.530 e. The zero-order chi connectivity index (χ0) is 23.6. The summed E-state index contributed by atoms with van der Waals surface area (Å²) in [5.74, 6) is 0.282. The number of aromatic nitrogens is 2. The molecule has 2 unspecified atom stereocenters. The number of nitrogens with zero attached hydrogens (tertiary/aromatic N) is 4. The summed E-state index contributed by atoms with van der Waals surface area (Å²) in [5.41, 5.74) is 3.93. The first-order valence-corrected chi connectivity index (χ1v) is 11.2. The smallest absolute Gasteiger partial charge is 0.403 e. The van der Waals surface area contributed by atoms with Crippen LogP contribution in [0.5, 0.6) is 5.75 Å². The van der Waals surface area contributed by atoms with E-state index in [-0.39, 0.29) is 12.4 Å². The number of para-hydroxylation sites is 1. The highest BCUT2D eigenvalue weighted by atomic mass is 31.2. The van der Waals surface area contributed by atoms with Gasteiger partial charge in [-0.1, -0.05) is 23.3 Å². The van der Waals surface area contributed by atoms with Crippen molar-refractivity contribution in [2.45, 2.75) is 43.2 Å². The van der Waals surface area contributed by atoms with Crippen molar-refractivity contribution in [3.05, 3.63) is 72.9 Å². The number of hydrogen-bond donors (Lipinski definition) is 2. The minimum atomic E-state index is -4.33. The maximum atomic E-state index is 15.5. The quantitative estimate of drug-likeness (QED) is 0.280. The second kappa shape index (κ2) is 7.26.